The highest BCUT2D eigenvalue weighted by Gasteiger charge is 2.53. The van der Waals surface area contributed by atoms with Crippen LogP contribution in [0, 0.1) is 11.3 Å². The maximum Gasteiger partial charge on any atom is 0.217 e. The van der Waals surface area contributed by atoms with E-state index < -0.39 is 0 Å². The monoisotopic (exact) mass is 370 g/mol. The Morgan fingerprint density at radius 2 is 1.96 bits per heavy atom. The molecule has 0 aliphatic heterocycles. The standard InChI is InChI=1S/C24H38N2O/c1-16(2)18-9-10-20-19(13-18)21(25-17(3)27)14-22-23(4,15-26(6)7)11-8-12-24(20,22)5/h9-10,13,16,21-22H,8,11-12,14-15H2,1-7H3,(H,25,27)/t21?,22-,23-,24+/m0/s1. The van der Waals surface area contributed by atoms with Crippen molar-refractivity contribution in [2.24, 2.45) is 11.3 Å². The lowest BCUT2D eigenvalue weighted by Gasteiger charge is -2.57. The Labute approximate surface area is 165 Å². The molecular formula is C24H38N2O. The summed E-state index contributed by atoms with van der Waals surface area (Å²) in [5.74, 6) is 1.16. The number of nitrogens with one attached hydrogen (secondary N) is 1. The zero-order valence-corrected chi connectivity index (χ0v) is 18.4. The number of amides is 1. The average molecular weight is 371 g/mol. The molecule has 0 saturated heterocycles. The smallest absolute Gasteiger partial charge is 0.217 e. The third-order valence-corrected chi connectivity index (χ3v) is 7.31. The first-order valence-corrected chi connectivity index (χ1v) is 10.6. The highest BCUT2D eigenvalue weighted by Crippen LogP contribution is 2.59. The molecule has 1 N–H and O–H groups in total. The molecule has 0 heterocycles. The molecule has 3 heteroatoms. The summed E-state index contributed by atoms with van der Waals surface area (Å²) < 4.78 is 0. The number of benzene rings is 1. The Morgan fingerprint density at radius 1 is 1.26 bits per heavy atom. The fourth-order valence-electron chi connectivity index (χ4n) is 6.25. The molecule has 0 spiro atoms. The molecule has 3 nitrogen and oxygen atoms in total. The van der Waals surface area contributed by atoms with Crippen LogP contribution in [0.1, 0.15) is 89.0 Å². The quantitative estimate of drug-likeness (QED) is 0.807. The lowest BCUT2D eigenvalue weighted by atomic mass is 9.49. The molecule has 4 atom stereocenters. The van der Waals surface area contributed by atoms with Gasteiger partial charge in [0.1, 0.15) is 0 Å². The largest absolute Gasteiger partial charge is 0.350 e. The SMILES string of the molecule is CC(=O)NC1C[C@H]2[C@](C)(CN(C)C)CCC[C@]2(C)c2ccc(C(C)C)cc21. The van der Waals surface area contributed by atoms with Gasteiger partial charge in [-0.05, 0) is 72.7 Å². The van der Waals surface area contributed by atoms with E-state index in [9.17, 15) is 4.79 Å². The van der Waals surface area contributed by atoms with Gasteiger partial charge >= 0.3 is 0 Å². The lowest BCUT2D eigenvalue weighted by molar-refractivity contribution is -0.120. The van der Waals surface area contributed by atoms with E-state index in [1.54, 1.807) is 6.92 Å². The minimum absolute atomic E-state index is 0.0784. The van der Waals surface area contributed by atoms with Crippen LogP contribution in [0.5, 0.6) is 0 Å². The van der Waals surface area contributed by atoms with E-state index in [4.69, 9.17) is 0 Å². The van der Waals surface area contributed by atoms with Gasteiger partial charge in [0.25, 0.3) is 0 Å². The third-order valence-electron chi connectivity index (χ3n) is 7.31. The molecule has 0 bridgehead atoms. The summed E-state index contributed by atoms with van der Waals surface area (Å²) in [6.45, 7) is 12.2. The highest BCUT2D eigenvalue weighted by molar-refractivity contribution is 5.73. The van der Waals surface area contributed by atoms with Crippen LogP contribution < -0.4 is 5.32 Å². The summed E-state index contributed by atoms with van der Waals surface area (Å²) in [5.41, 5.74) is 4.69. The van der Waals surface area contributed by atoms with E-state index >= 15 is 0 Å². The molecule has 1 amide bonds. The van der Waals surface area contributed by atoms with Crippen LogP contribution >= 0.6 is 0 Å². The van der Waals surface area contributed by atoms with Gasteiger partial charge in [0.15, 0.2) is 0 Å². The van der Waals surface area contributed by atoms with Gasteiger partial charge in [-0.3, -0.25) is 4.79 Å². The van der Waals surface area contributed by atoms with Gasteiger partial charge in [-0.1, -0.05) is 52.3 Å². The molecule has 0 aromatic heterocycles. The molecule has 0 radical (unpaired) electrons. The fraction of sp³-hybridized carbons (Fsp3) is 0.708. The van der Waals surface area contributed by atoms with Crippen molar-refractivity contribution in [3.63, 3.8) is 0 Å². The van der Waals surface area contributed by atoms with Gasteiger partial charge in [-0.2, -0.15) is 0 Å². The average Bonchev–Trinajstić information content (AvgIpc) is 2.55. The Bertz CT molecular complexity index is 710. The van der Waals surface area contributed by atoms with Gasteiger partial charge in [-0.25, -0.2) is 0 Å². The van der Waals surface area contributed by atoms with Crippen molar-refractivity contribution < 1.29 is 4.79 Å². The van der Waals surface area contributed by atoms with E-state index in [2.05, 4.69) is 70.2 Å². The molecule has 1 unspecified atom stereocenters. The maximum atomic E-state index is 12.0. The zero-order chi connectivity index (χ0) is 20.0. The topological polar surface area (TPSA) is 32.3 Å². The van der Waals surface area contributed by atoms with Gasteiger partial charge in [0, 0.05) is 13.5 Å². The van der Waals surface area contributed by atoms with Crippen LogP contribution in [0.25, 0.3) is 0 Å². The van der Waals surface area contributed by atoms with Crippen molar-refractivity contribution in [1.82, 2.24) is 10.2 Å². The first-order valence-electron chi connectivity index (χ1n) is 10.6. The molecular weight excluding hydrogens is 332 g/mol. The summed E-state index contributed by atoms with van der Waals surface area (Å²) >= 11 is 0. The number of carbonyl (C=O) groups excluding carboxylic acids is 1. The summed E-state index contributed by atoms with van der Waals surface area (Å²) in [6.07, 6.45) is 4.86. The zero-order valence-electron chi connectivity index (χ0n) is 18.4. The predicted molar refractivity (Wildman–Crippen MR) is 113 cm³/mol. The second-order valence-corrected chi connectivity index (χ2v) is 10.2. The third kappa shape index (κ3) is 3.68. The number of nitrogens with zero attached hydrogens (tertiary/aromatic N) is 1. The predicted octanol–water partition coefficient (Wildman–Crippen LogP) is 5.02. The molecule has 2 aliphatic rings. The first kappa shape index (κ1) is 20.4. The molecule has 27 heavy (non-hydrogen) atoms. The Kier molecular flexibility index (Phi) is 5.46. The highest BCUT2D eigenvalue weighted by atomic mass is 16.1. The molecule has 2 aliphatic carbocycles. The van der Waals surface area contributed by atoms with E-state index in [1.807, 2.05) is 0 Å². The normalized spacial score (nSPS) is 32.9. The van der Waals surface area contributed by atoms with Crippen molar-refractivity contribution in [2.45, 2.75) is 77.7 Å². The minimum Gasteiger partial charge on any atom is -0.350 e. The summed E-state index contributed by atoms with van der Waals surface area (Å²) in [5, 5.41) is 3.29. The van der Waals surface area contributed by atoms with Crippen LogP contribution in [0.3, 0.4) is 0 Å². The number of fused-ring (bicyclic) bond motifs is 3. The van der Waals surface area contributed by atoms with Crippen molar-refractivity contribution in [3.05, 3.63) is 34.9 Å². The number of hydrogen-bond donors (Lipinski definition) is 1. The van der Waals surface area contributed by atoms with Crippen molar-refractivity contribution in [1.29, 1.82) is 0 Å². The van der Waals surface area contributed by atoms with Crippen molar-refractivity contribution in [2.75, 3.05) is 20.6 Å². The molecule has 1 aromatic carbocycles. The van der Waals surface area contributed by atoms with Gasteiger partial charge in [0.2, 0.25) is 5.91 Å². The molecule has 3 rings (SSSR count). The van der Waals surface area contributed by atoms with Crippen molar-refractivity contribution >= 4 is 5.91 Å². The van der Waals surface area contributed by atoms with Crippen LogP contribution in [-0.4, -0.2) is 31.4 Å². The van der Waals surface area contributed by atoms with Gasteiger partial charge in [0.05, 0.1) is 6.04 Å². The first-order chi connectivity index (χ1) is 12.6. The summed E-state index contributed by atoms with van der Waals surface area (Å²) in [7, 11) is 4.38. The Hall–Kier alpha value is -1.35. The van der Waals surface area contributed by atoms with Crippen LogP contribution in [0.15, 0.2) is 18.2 Å². The minimum atomic E-state index is 0.0784. The van der Waals surface area contributed by atoms with Crippen LogP contribution in [0.4, 0.5) is 0 Å². The van der Waals surface area contributed by atoms with Crippen LogP contribution in [-0.2, 0) is 10.2 Å². The molecule has 1 fully saturated rings. The Morgan fingerprint density at radius 3 is 2.56 bits per heavy atom. The second-order valence-electron chi connectivity index (χ2n) is 10.2. The molecule has 150 valence electrons. The number of rotatable bonds is 4. The fourth-order valence-corrected chi connectivity index (χ4v) is 6.25. The molecule has 1 saturated carbocycles. The van der Waals surface area contributed by atoms with Gasteiger partial charge in [-0.15, -0.1) is 0 Å². The van der Waals surface area contributed by atoms with Gasteiger partial charge < -0.3 is 10.2 Å². The lowest BCUT2D eigenvalue weighted by Crippen LogP contribution is -2.54. The Balaban J connectivity index is 2.12. The second kappa shape index (κ2) is 7.24. The van der Waals surface area contributed by atoms with Crippen LogP contribution in [0.2, 0.25) is 0 Å². The van der Waals surface area contributed by atoms with E-state index in [-0.39, 0.29) is 22.8 Å². The van der Waals surface area contributed by atoms with E-state index in [0.29, 0.717) is 11.8 Å². The maximum absolute atomic E-state index is 12.0. The van der Waals surface area contributed by atoms with E-state index in [1.165, 1.54) is 36.0 Å². The van der Waals surface area contributed by atoms with Crippen molar-refractivity contribution in [3.8, 4) is 0 Å². The van der Waals surface area contributed by atoms with E-state index in [0.717, 1.165) is 13.0 Å². The number of hydrogen-bond acceptors (Lipinski definition) is 2. The molecule has 1 aromatic rings. The number of carbonyl (C=O) groups is 1. The summed E-state index contributed by atoms with van der Waals surface area (Å²) in [6, 6.07) is 7.21. The summed E-state index contributed by atoms with van der Waals surface area (Å²) in [4.78, 5) is 14.3.